The second-order valence-electron chi connectivity index (χ2n) is 4.86. The Hall–Kier alpha value is -1.03. The van der Waals surface area contributed by atoms with Gasteiger partial charge in [-0.15, -0.1) is 0 Å². The number of halogens is 2. The number of rotatable bonds is 4. The van der Waals surface area contributed by atoms with E-state index in [0.717, 1.165) is 17.8 Å². The maximum Gasteiger partial charge on any atom is 0.138 e. The van der Waals surface area contributed by atoms with Crippen LogP contribution in [0.1, 0.15) is 25.1 Å². The van der Waals surface area contributed by atoms with E-state index in [1.165, 1.54) is 0 Å². The zero-order valence-corrected chi connectivity index (χ0v) is 12.4. The van der Waals surface area contributed by atoms with Gasteiger partial charge in [0.15, 0.2) is 0 Å². The fourth-order valence-corrected chi connectivity index (χ4v) is 2.36. The van der Waals surface area contributed by atoms with Crippen LogP contribution in [-0.4, -0.2) is 14.9 Å². The predicted octanol–water partition coefficient (Wildman–Crippen LogP) is 3.87. The van der Waals surface area contributed by atoms with Crippen molar-refractivity contribution >= 4 is 23.2 Å². The highest BCUT2D eigenvalue weighted by Crippen LogP contribution is 2.26. The molecule has 0 atom stereocenters. The molecule has 2 rings (SSSR count). The van der Waals surface area contributed by atoms with Crippen LogP contribution in [-0.2, 0) is 13.0 Å². The average Bonchev–Trinajstić information content (AvgIpc) is 2.66. The average molecular weight is 299 g/mol. The van der Waals surface area contributed by atoms with Crippen molar-refractivity contribution in [1.82, 2.24) is 9.78 Å². The van der Waals surface area contributed by atoms with Crippen LogP contribution in [0.2, 0.25) is 10.2 Å². The summed E-state index contributed by atoms with van der Waals surface area (Å²) in [6.07, 6.45) is 0.788. The first kappa shape index (κ1) is 14.4. The minimum atomic E-state index is -0.103. The van der Waals surface area contributed by atoms with E-state index in [1.807, 2.05) is 12.1 Å². The van der Waals surface area contributed by atoms with Crippen LogP contribution in [0.3, 0.4) is 0 Å². The van der Waals surface area contributed by atoms with Crippen LogP contribution in [0.4, 0.5) is 0 Å². The first-order valence-electron chi connectivity index (χ1n) is 6.16. The van der Waals surface area contributed by atoms with Gasteiger partial charge in [-0.1, -0.05) is 37.0 Å². The van der Waals surface area contributed by atoms with E-state index in [4.69, 9.17) is 23.2 Å². The topological polar surface area (TPSA) is 38.0 Å². The number of benzene rings is 1. The number of nitrogens with zero attached hydrogens (tertiary/aromatic N) is 2. The molecule has 102 valence electrons. The Kier molecular flexibility index (Phi) is 4.50. The molecule has 0 bridgehead atoms. The molecule has 1 aromatic heterocycles. The Morgan fingerprint density at radius 3 is 2.37 bits per heavy atom. The number of aliphatic hydroxyl groups excluding tert-OH is 1. The number of hydrogen-bond acceptors (Lipinski definition) is 2. The second kappa shape index (κ2) is 5.95. The van der Waals surface area contributed by atoms with Crippen molar-refractivity contribution in [3.63, 3.8) is 0 Å². The van der Waals surface area contributed by atoms with Crippen molar-refractivity contribution in [2.75, 3.05) is 0 Å². The number of aliphatic hydroxyl groups is 1. The molecule has 0 saturated carbocycles. The van der Waals surface area contributed by atoms with Gasteiger partial charge in [-0.2, -0.15) is 5.10 Å². The lowest BCUT2D eigenvalue weighted by atomic mass is 10.1. The van der Waals surface area contributed by atoms with E-state index >= 15 is 0 Å². The molecule has 1 heterocycles. The zero-order valence-electron chi connectivity index (χ0n) is 10.9. The molecule has 0 radical (unpaired) electrons. The molecule has 19 heavy (non-hydrogen) atoms. The molecule has 0 spiro atoms. The number of aromatic nitrogens is 2. The fourth-order valence-electron chi connectivity index (χ4n) is 1.93. The molecule has 0 fully saturated rings. The van der Waals surface area contributed by atoms with Crippen molar-refractivity contribution in [2.24, 2.45) is 5.92 Å². The lowest BCUT2D eigenvalue weighted by molar-refractivity contribution is 0.280. The van der Waals surface area contributed by atoms with Crippen molar-refractivity contribution in [1.29, 1.82) is 0 Å². The van der Waals surface area contributed by atoms with E-state index < -0.39 is 0 Å². The van der Waals surface area contributed by atoms with Crippen LogP contribution in [0.15, 0.2) is 24.3 Å². The van der Waals surface area contributed by atoms with Gasteiger partial charge in [0.05, 0.1) is 18.0 Å². The molecule has 0 saturated heterocycles. The summed E-state index contributed by atoms with van der Waals surface area (Å²) in [5.41, 5.74) is 2.38. The predicted molar refractivity (Wildman–Crippen MR) is 78.0 cm³/mol. The maximum atomic E-state index is 9.46. The van der Waals surface area contributed by atoms with Crippen LogP contribution in [0.25, 0.3) is 5.69 Å². The maximum absolute atomic E-state index is 9.46. The van der Waals surface area contributed by atoms with Crippen LogP contribution < -0.4 is 0 Å². The molecular formula is C14H16Cl2N2O. The van der Waals surface area contributed by atoms with Gasteiger partial charge in [0.2, 0.25) is 0 Å². The van der Waals surface area contributed by atoms with E-state index in [-0.39, 0.29) is 6.61 Å². The molecule has 0 aliphatic rings. The Balaban J connectivity index is 2.46. The number of hydrogen-bond donors (Lipinski definition) is 1. The largest absolute Gasteiger partial charge is 0.391 e. The summed E-state index contributed by atoms with van der Waals surface area (Å²) in [4.78, 5) is 0. The fraction of sp³-hybridized carbons (Fsp3) is 0.357. The van der Waals surface area contributed by atoms with E-state index in [9.17, 15) is 5.11 Å². The SMILES string of the molecule is CC(C)Cc1nn(-c2ccc(Cl)cc2)c(Cl)c1CO. The highest BCUT2D eigenvalue weighted by atomic mass is 35.5. The lowest BCUT2D eigenvalue weighted by Gasteiger charge is -2.03. The van der Waals surface area contributed by atoms with Crippen LogP contribution >= 0.6 is 23.2 Å². The van der Waals surface area contributed by atoms with Crippen molar-refractivity contribution < 1.29 is 5.11 Å². The van der Waals surface area contributed by atoms with E-state index in [2.05, 4.69) is 18.9 Å². The Morgan fingerprint density at radius 2 is 1.84 bits per heavy atom. The summed E-state index contributed by atoms with van der Waals surface area (Å²) in [5.74, 6) is 0.454. The van der Waals surface area contributed by atoms with Crippen molar-refractivity contribution in [3.05, 3.63) is 45.7 Å². The van der Waals surface area contributed by atoms with Gasteiger partial charge >= 0.3 is 0 Å². The first-order valence-corrected chi connectivity index (χ1v) is 6.91. The van der Waals surface area contributed by atoms with Crippen molar-refractivity contribution in [3.8, 4) is 5.69 Å². The molecule has 2 aromatic rings. The van der Waals surface area contributed by atoms with Gasteiger partial charge in [-0.25, -0.2) is 4.68 Å². The summed E-state index contributed by atoms with van der Waals surface area (Å²) in [6, 6.07) is 7.27. The highest BCUT2D eigenvalue weighted by molar-refractivity contribution is 6.31. The monoisotopic (exact) mass is 298 g/mol. The van der Waals surface area contributed by atoms with Gasteiger partial charge < -0.3 is 5.11 Å². The Morgan fingerprint density at radius 1 is 1.21 bits per heavy atom. The zero-order chi connectivity index (χ0) is 14.0. The summed E-state index contributed by atoms with van der Waals surface area (Å²) >= 11 is 12.2. The standard InChI is InChI=1S/C14H16Cl2N2O/c1-9(2)7-13-12(8-19)14(16)18(17-13)11-5-3-10(15)4-6-11/h3-6,9,19H,7-8H2,1-2H3. The van der Waals surface area contributed by atoms with Gasteiger partial charge in [0.1, 0.15) is 5.15 Å². The second-order valence-corrected chi connectivity index (χ2v) is 5.65. The first-order chi connectivity index (χ1) is 9.02. The van der Waals surface area contributed by atoms with Crippen LogP contribution in [0, 0.1) is 5.92 Å². The van der Waals surface area contributed by atoms with E-state index in [0.29, 0.717) is 21.7 Å². The van der Waals surface area contributed by atoms with Crippen molar-refractivity contribution in [2.45, 2.75) is 26.9 Å². The Bertz CT molecular complexity index is 562. The molecule has 5 heteroatoms. The molecular weight excluding hydrogens is 283 g/mol. The third kappa shape index (κ3) is 3.11. The third-order valence-corrected chi connectivity index (χ3v) is 3.48. The summed E-state index contributed by atoms with van der Waals surface area (Å²) in [5, 5.41) is 15.1. The molecule has 3 nitrogen and oxygen atoms in total. The molecule has 0 unspecified atom stereocenters. The van der Waals surface area contributed by atoms with Gasteiger partial charge in [-0.05, 0) is 36.6 Å². The lowest BCUT2D eigenvalue weighted by Crippen LogP contribution is -2.00. The summed E-state index contributed by atoms with van der Waals surface area (Å²) < 4.78 is 1.64. The van der Waals surface area contributed by atoms with E-state index in [1.54, 1.807) is 16.8 Å². The Labute approximate surface area is 122 Å². The van der Waals surface area contributed by atoms with Gasteiger partial charge in [0, 0.05) is 10.6 Å². The third-order valence-electron chi connectivity index (χ3n) is 2.83. The molecule has 1 N–H and O–H groups in total. The molecule has 0 aliphatic heterocycles. The normalized spacial score (nSPS) is 11.3. The van der Waals surface area contributed by atoms with Crippen LogP contribution in [0.5, 0.6) is 0 Å². The minimum absolute atomic E-state index is 0.103. The van der Waals surface area contributed by atoms with Gasteiger partial charge in [-0.3, -0.25) is 0 Å². The van der Waals surface area contributed by atoms with Gasteiger partial charge in [0.25, 0.3) is 0 Å². The highest BCUT2D eigenvalue weighted by Gasteiger charge is 2.17. The molecule has 1 aromatic carbocycles. The summed E-state index contributed by atoms with van der Waals surface area (Å²) in [7, 11) is 0. The molecule has 0 amide bonds. The quantitative estimate of drug-likeness (QED) is 0.930. The minimum Gasteiger partial charge on any atom is -0.391 e. The summed E-state index contributed by atoms with van der Waals surface area (Å²) in [6.45, 7) is 4.11. The molecule has 0 aliphatic carbocycles. The smallest absolute Gasteiger partial charge is 0.138 e.